The smallest absolute Gasteiger partial charge is 0.0701 e. The minimum atomic E-state index is 0.238. The molecule has 88 valence electrons. The van der Waals surface area contributed by atoms with Crippen LogP contribution in [0.3, 0.4) is 0 Å². The van der Waals surface area contributed by atoms with Gasteiger partial charge in [0.05, 0.1) is 3.79 Å². The highest BCUT2D eigenvalue weighted by Crippen LogP contribution is 2.37. The van der Waals surface area contributed by atoms with Crippen molar-refractivity contribution in [1.29, 1.82) is 0 Å². The van der Waals surface area contributed by atoms with E-state index in [2.05, 4.69) is 48.0 Å². The van der Waals surface area contributed by atoms with Crippen molar-refractivity contribution in [3.63, 3.8) is 0 Å². The molecule has 0 saturated heterocycles. The Balaban J connectivity index is 2.10. The lowest BCUT2D eigenvalue weighted by atomic mass is 9.75. The van der Waals surface area contributed by atoms with Gasteiger partial charge in [-0.15, -0.1) is 11.3 Å². The van der Waals surface area contributed by atoms with Crippen LogP contribution in [0.5, 0.6) is 0 Å². The quantitative estimate of drug-likeness (QED) is 0.817. The van der Waals surface area contributed by atoms with Crippen LogP contribution >= 0.6 is 27.3 Å². The number of allylic oxidation sites excluding steroid dienone is 1. The molecule has 0 aromatic carbocycles. The third-order valence-electron chi connectivity index (χ3n) is 2.97. The van der Waals surface area contributed by atoms with Crippen LogP contribution in [0.1, 0.15) is 31.6 Å². The van der Waals surface area contributed by atoms with Crippen LogP contribution in [0.25, 0.3) is 0 Å². The summed E-state index contributed by atoms with van der Waals surface area (Å²) < 4.78 is 1.21. The molecule has 2 rings (SSSR count). The van der Waals surface area contributed by atoms with Crippen molar-refractivity contribution >= 4 is 27.3 Å². The van der Waals surface area contributed by atoms with Gasteiger partial charge in [0, 0.05) is 17.3 Å². The molecule has 0 saturated carbocycles. The van der Waals surface area contributed by atoms with Gasteiger partial charge in [0.15, 0.2) is 0 Å². The first-order valence-corrected chi connectivity index (χ1v) is 7.25. The predicted octanol–water partition coefficient (Wildman–Crippen LogP) is 4.13. The third-order valence-corrected chi connectivity index (χ3v) is 4.60. The standard InChI is InChI=1S/C13H18BrNS/c1-13(2)7-9(5-10(15)8-13)6-11-3-4-12(14)16-11/h3-5,10H,6-8,15H2,1-2H3. The summed E-state index contributed by atoms with van der Waals surface area (Å²) in [6, 6.07) is 4.55. The van der Waals surface area contributed by atoms with Gasteiger partial charge in [-0.05, 0) is 46.3 Å². The molecule has 1 nitrogen and oxygen atoms in total. The Morgan fingerprint density at radius 2 is 2.25 bits per heavy atom. The van der Waals surface area contributed by atoms with Crippen LogP contribution in [-0.4, -0.2) is 6.04 Å². The van der Waals surface area contributed by atoms with E-state index in [-0.39, 0.29) is 6.04 Å². The molecule has 1 unspecified atom stereocenters. The van der Waals surface area contributed by atoms with Crippen molar-refractivity contribution in [1.82, 2.24) is 0 Å². The average molecular weight is 300 g/mol. The SMILES string of the molecule is CC1(C)CC(Cc2ccc(Br)s2)=CC(N)C1. The molecule has 2 N–H and O–H groups in total. The second-order valence-electron chi connectivity index (χ2n) is 5.42. The summed E-state index contributed by atoms with van der Waals surface area (Å²) in [7, 11) is 0. The van der Waals surface area contributed by atoms with Gasteiger partial charge >= 0.3 is 0 Å². The summed E-state index contributed by atoms with van der Waals surface area (Å²) in [5, 5.41) is 0. The minimum absolute atomic E-state index is 0.238. The number of hydrogen-bond donors (Lipinski definition) is 1. The maximum Gasteiger partial charge on any atom is 0.0701 e. The van der Waals surface area contributed by atoms with Gasteiger partial charge in [-0.2, -0.15) is 0 Å². The summed E-state index contributed by atoms with van der Waals surface area (Å²) in [5.41, 5.74) is 7.93. The fourth-order valence-electron chi connectivity index (χ4n) is 2.54. The lowest BCUT2D eigenvalue weighted by molar-refractivity contribution is 0.299. The topological polar surface area (TPSA) is 26.0 Å². The summed E-state index contributed by atoms with van der Waals surface area (Å²) in [6.07, 6.45) is 5.60. The van der Waals surface area contributed by atoms with Gasteiger partial charge in [-0.1, -0.05) is 25.5 Å². The molecular formula is C13H18BrNS. The van der Waals surface area contributed by atoms with Crippen LogP contribution in [0, 0.1) is 5.41 Å². The first-order chi connectivity index (χ1) is 7.44. The highest BCUT2D eigenvalue weighted by Gasteiger charge is 2.26. The molecule has 3 heteroatoms. The Bertz CT molecular complexity index is 406. The molecule has 0 radical (unpaired) electrons. The second-order valence-corrected chi connectivity index (χ2v) is 7.96. The van der Waals surface area contributed by atoms with E-state index in [1.807, 2.05) is 11.3 Å². The number of nitrogens with two attached hydrogens (primary N) is 1. The first kappa shape index (κ1) is 12.3. The molecule has 1 aliphatic rings. The van der Waals surface area contributed by atoms with E-state index in [0.29, 0.717) is 5.41 Å². The zero-order chi connectivity index (χ0) is 11.8. The molecule has 0 bridgehead atoms. The predicted molar refractivity (Wildman–Crippen MR) is 74.8 cm³/mol. The lowest BCUT2D eigenvalue weighted by Crippen LogP contribution is -2.31. The van der Waals surface area contributed by atoms with Crippen LogP contribution in [0.15, 0.2) is 27.6 Å². The van der Waals surface area contributed by atoms with E-state index in [0.717, 1.165) is 12.8 Å². The zero-order valence-electron chi connectivity index (χ0n) is 9.79. The van der Waals surface area contributed by atoms with E-state index in [9.17, 15) is 0 Å². The van der Waals surface area contributed by atoms with E-state index >= 15 is 0 Å². The molecule has 0 amide bonds. The first-order valence-electron chi connectivity index (χ1n) is 5.64. The van der Waals surface area contributed by atoms with E-state index < -0.39 is 0 Å². The highest BCUT2D eigenvalue weighted by molar-refractivity contribution is 9.11. The molecule has 1 atom stereocenters. The van der Waals surface area contributed by atoms with Gasteiger partial charge in [-0.3, -0.25) is 0 Å². The summed E-state index contributed by atoms with van der Waals surface area (Å²) in [6.45, 7) is 4.62. The molecule has 0 spiro atoms. The largest absolute Gasteiger partial charge is 0.324 e. The van der Waals surface area contributed by atoms with Gasteiger partial charge in [-0.25, -0.2) is 0 Å². The highest BCUT2D eigenvalue weighted by atomic mass is 79.9. The normalized spacial score (nSPS) is 24.2. The third kappa shape index (κ3) is 3.19. The number of rotatable bonds is 2. The van der Waals surface area contributed by atoms with Gasteiger partial charge in [0.1, 0.15) is 0 Å². The molecule has 0 aliphatic heterocycles. The lowest BCUT2D eigenvalue weighted by Gasteiger charge is -2.33. The Labute approximate surface area is 110 Å². The van der Waals surface area contributed by atoms with Crippen LogP contribution in [0.2, 0.25) is 0 Å². The molecule has 1 heterocycles. The monoisotopic (exact) mass is 299 g/mol. The number of hydrogen-bond acceptors (Lipinski definition) is 2. The van der Waals surface area contributed by atoms with Crippen molar-refractivity contribution < 1.29 is 0 Å². The minimum Gasteiger partial charge on any atom is -0.324 e. The Kier molecular flexibility index (Phi) is 3.57. The fraction of sp³-hybridized carbons (Fsp3) is 0.538. The van der Waals surface area contributed by atoms with Crippen molar-refractivity contribution in [2.75, 3.05) is 0 Å². The molecule has 1 aliphatic carbocycles. The average Bonchev–Trinajstić information content (AvgIpc) is 2.46. The Morgan fingerprint density at radius 1 is 1.50 bits per heavy atom. The summed E-state index contributed by atoms with van der Waals surface area (Å²) in [4.78, 5) is 1.42. The zero-order valence-corrected chi connectivity index (χ0v) is 12.2. The fourth-order valence-corrected chi connectivity index (χ4v) is 4.07. The van der Waals surface area contributed by atoms with Crippen molar-refractivity contribution in [2.45, 2.75) is 39.2 Å². The molecule has 0 fully saturated rings. The Hall–Kier alpha value is -0.120. The summed E-state index contributed by atoms with van der Waals surface area (Å²) >= 11 is 5.32. The number of thiophene rings is 1. The van der Waals surface area contributed by atoms with Gasteiger partial charge in [0.2, 0.25) is 0 Å². The van der Waals surface area contributed by atoms with E-state index in [1.54, 1.807) is 0 Å². The molecule has 1 aromatic rings. The van der Waals surface area contributed by atoms with Crippen molar-refractivity contribution in [3.8, 4) is 0 Å². The molecule has 16 heavy (non-hydrogen) atoms. The van der Waals surface area contributed by atoms with Crippen molar-refractivity contribution in [2.24, 2.45) is 11.1 Å². The van der Waals surface area contributed by atoms with E-state index in [1.165, 1.54) is 20.7 Å². The number of halogens is 1. The second kappa shape index (κ2) is 4.63. The van der Waals surface area contributed by atoms with Crippen LogP contribution in [0.4, 0.5) is 0 Å². The van der Waals surface area contributed by atoms with E-state index in [4.69, 9.17) is 5.73 Å². The molecule has 1 aromatic heterocycles. The molecular weight excluding hydrogens is 282 g/mol. The maximum absolute atomic E-state index is 6.08. The Morgan fingerprint density at radius 3 is 2.81 bits per heavy atom. The van der Waals surface area contributed by atoms with Crippen LogP contribution in [-0.2, 0) is 6.42 Å². The van der Waals surface area contributed by atoms with Crippen molar-refractivity contribution in [3.05, 3.63) is 32.4 Å². The van der Waals surface area contributed by atoms with Gasteiger partial charge in [0.25, 0.3) is 0 Å². The van der Waals surface area contributed by atoms with Gasteiger partial charge < -0.3 is 5.73 Å². The summed E-state index contributed by atoms with van der Waals surface area (Å²) in [5.74, 6) is 0. The maximum atomic E-state index is 6.08. The van der Waals surface area contributed by atoms with Crippen LogP contribution < -0.4 is 5.73 Å².